The van der Waals surface area contributed by atoms with Crippen molar-refractivity contribution < 1.29 is 70.1 Å². The second-order valence-electron chi connectivity index (χ2n) is 16.1. The molecule has 0 aromatic rings. The van der Waals surface area contributed by atoms with Gasteiger partial charge in [-0.25, -0.2) is 0 Å². The van der Waals surface area contributed by atoms with E-state index in [0.29, 0.717) is 0 Å². The van der Waals surface area contributed by atoms with Crippen molar-refractivity contribution in [1.82, 2.24) is 0 Å². The van der Waals surface area contributed by atoms with Crippen molar-refractivity contribution in [1.29, 1.82) is 0 Å². The number of hydrogen-bond donors (Lipinski definition) is 0. The van der Waals surface area contributed by atoms with Crippen LogP contribution in [0, 0.1) is 72.9 Å². The van der Waals surface area contributed by atoms with Crippen LogP contribution in [0.1, 0.15) is 125 Å². The third-order valence-corrected chi connectivity index (χ3v) is 5.22. The summed E-state index contributed by atoms with van der Waals surface area (Å²) in [5.41, 5.74) is -2.74. The maximum atomic E-state index is 11.4. The van der Waals surface area contributed by atoms with Gasteiger partial charge in [0, 0.05) is 16.2 Å². The van der Waals surface area contributed by atoms with E-state index in [1.165, 1.54) is 18.2 Å². The monoisotopic (exact) mass is 701 g/mol. The smallest absolute Gasteiger partial charge is 0.875 e. The van der Waals surface area contributed by atoms with Crippen molar-refractivity contribution in [3.8, 4) is 0 Å². The summed E-state index contributed by atoms with van der Waals surface area (Å²) in [6, 6.07) is 0. The molecule has 0 N–H and O–H groups in total. The molecule has 0 atom stereocenters. The van der Waals surface area contributed by atoms with E-state index < -0.39 is 32.5 Å². The number of allylic oxidation sites excluding steroid dienone is 6. The summed E-state index contributed by atoms with van der Waals surface area (Å²) in [5.74, 6) is -0.625. The zero-order chi connectivity index (χ0) is 32.6. The molecular formula is C33H57O6Sm. The van der Waals surface area contributed by atoms with Gasteiger partial charge in [-0.1, -0.05) is 125 Å². The molecule has 40 heavy (non-hydrogen) atoms. The molecule has 6 nitrogen and oxygen atoms in total. The van der Waals surface area contributed by atoms with E-state index in [2.05, 4.69) is 0 Å². The van der Waals surface area contributed by atoms with Crippen molar-refractivity contribution in [2.45, 2.75) is 125 Å². The number of rotatable bonds is 3. The van der Waals surface area contributed by atoms with Crippen LogP contribution in [0.5, 0.6) is 0 Å². The molecule has 0 aromatic heterocycles. The third kappa shape index (κ3) is 21.7. The van der Waals surface area contributed by atoms with Crippen molar-refractivity contribution >= 4 is 17.3 Å². The summed E-state index contributed by atoms with van der Waals surface area (Å²) in [5, 5.41) is 34.3. The fraction of sp³-hybridized carbons (Fsp3) is 0.727. The van der Waals surface area contributed by atoms with Crippen LogP contribution in [0.2, 0.25) is 0 Å². The van der Waals surface area contributed by atoms with E-state index >= 15 is 0 Å². The SMILES string of the molecule is CC(C)(C)C(=O)/C=C(\[O-])C(C)(C)C.CC(C)(C)C(=O)/C=C(\[O-])C(C)(C)C.CC(C)(C)C(=O)/C=C(\[O-])C(C)(C)C.[Sm+3]. The summed E-state index contributed by atoms with van der Waals surface area (Å²) >= 11 is 0. The van der Waals surface area contributed by atoms with E-state index in [-0.39, 0.29) is 75.0 Å². The van der Waals surface area contributed by atoms with Crippen LogP contribution in [0.4, 0.5) is 0 Å². The van der Waals surface area contributed by atoms with Crippen molar-refractivity contribution in [2.75, 3.05) is 0 Å². The standard InChI is InChI=1S/3C11H20O2.Sm/c3*1-10(2,3)8(12)7-9(13)11(4,5)6;/h3*7,12H,1-6H3;/q;;;+3/p-3/b3*8-7-;. The summed E-state index contributed by atoms with van der Waals surface area (Å²) in [6.07, 6.45) is 3.67. The molecule has 0 bridgehead atoms. The topological polar surface area (TPSA) is 120 Å². The molecular weight excluding hydrogens is 643 g/mol. The van der Waals surface area contributed by atoms with Crippen LogP contribution in [-0.2, 0) is 14.4 Å². The molecule has 0 aliphatic rings. The summed E-state index contributed by atoms with van der Waals surface area (Å²) in [4.78, 5) is 34.3. The van der Waals surface area contributed by atoms with Crippen molar-refractivity contribution in [2.24, 2.45) is 32.5 Å². The van der Waals surface area contributed by atoms with Crippen LogP contribution in [-0.4, -0.2) is 17.3 Å². The zero-order valence-electron chi connectivity index (χ0n) is 28.6. The van der Waals surface area contributed by atoms with Gasteiger partial charge in [-0.05, 0) is 34.5 Å². The summed E-state index contributed by atoms with van der Waals surface area (Å²) in [7, 11) is 0. The number of carbonyl (C=O) groups is 3. The number of carbonyl (C=O) groups excluding carboxylic acids is 3. The van der Waals surface area contributed by atoms with Crippen LogP contribution in [0.25, 0.3) is 0 Å². The molecule has 0 rings (SSSR count). The molecule has 0 aliphatic heterocycles. The predicted octanol–water partition coefficient (Wildman–Crippen LogP) is 5.68. The van der Waals surface area contributed by atoms with Gasteiger partial charge in [-0.3, -0.25) is 14.4 Å². The number of ketones is 3. The second kappa shape index (κ2) is 16.6. The normalized spacial score (nSPS) is 14.1. The van der Waals surface area contributed by atoms with Gasteiger partial charge < -0.3 is 15.3 Å². The molecule has 0 spiro atoms. The molecule has 0 fully saturated rings. The Morgan fingerprint density at radius 3 is 0.550 bits per heavy atom. The largest absolute Gasteiger partial charge is 3.00 e. The fourth-order valence-electron chi connectivity index (χ4n) is 1.66. The Morgan fingerprint density at radius 2 is 0.475 bits per heavy atom. The molecule has 0 saturated carbocycles. The van der Waals surface area contributed by atoms with Gasteiger partial charge in [0.1, 0.15) is 0 Å². The molecule has 0 amide bonds. The minimum absolute atomic E-state index is 0. The van der Waals surface area contributed by atoms with Gasteiger partial charge in [0.25, 0.3) is 0 Å². The van der Waals surface area contributed by atoms with Gasteiger partial charge in [-0.15, -0.1) is 17.3 Å². The Labute approximate surface area is 278 Å². The van der Waals surface area contributed by atoms with E-state index in [1.54, 1.807) is 0 Å². The first-order chi connectivity index (χ1) is 16.6. The van der Waals surface area contributed by atoms with Crippen molar-refractivity contribution in [3.63, 3.8) is 0 Å². The van der Waals surface area contributed by atoms with Crippen molar-refractivity contribution in [3.05, 3.63) is 35.5 Å². The Morgan fingerprint density at radius 1 is 0.350 bits per heavy atom. The van der Waals surface area contributed by atoms with E-state index in [1.807, 2.05) is 125 Å². The zero-order valence-corrected chi connectivity index (χ0v) is 31.2. The van der Waals surface area contributed by atoms with Gasteiger partial charge in [0.15, 0.2) is 17.3 Å². The maximum absolute atomic E-state index is 11.4. The second-order valence-corrected chi connectivity index (χ2v) is 16.1. The Balaban J connectivity index is -0.000000240. The molecule has 0 aromatic carbocycles. The molecule has 0 saturated heterocycles. The van der Waals surface area contributed by atoms with Crippen LogP contribution >= 0.6 is 0 Å². The number of hydrogen-bond acceptors (Lipinski definition) is 6. The Bertz CT molecular complexity index is 801. The average Bonchev–Trinajstić information content (AvgIpc) is 2.64. The molecule has 0 heterocycles. The van der Waals surface area contributed by atoms with Crippen LogP contribution in [0.15, 0.2) is 35.5 Å². The minimum atomic E-state index is -0.457. The maximum Gasteiger partial charge on any atom is 3.00 e. The Hall–Kier alpha value is -1.03. The third-order valence-electron chi connectivity index (χ3n) is 5.22. The van der Waals surface area contributed by atoms with Crippen LogP contribution < -0.4 is 15.3 Å². The van der Waals surface area contributed by atoms with Gasteiger partial charge in [0.2, 0.25) is 0 Å². The minimum Gasteiger partial charge on any atom is -0.875 e. The first-order valence-corrected chi connectivity index (χ1v) is 13.5. The average molecular weight is 700 g/mol. The summed E-state index contributed by atoms with van der Waals surface area (Å²) in [6.45, 7) is 32.5. The first kappa shape index (κ1) is 45.9. The first-order valence-electron chi connectivity index (χ1n) is 13.5. The molecule has 1 radical (unpaired) electrons. The van der Waals surface area contributed by atoms with Gasteiger partial charge in [-0.2, -0.15) is 0 Å². The molecule has 0 unspecified atom stereocenters. The van der Waals surface area contributed by atoms with Gasteiger partial charge in [0.05, 0.1) is 0 Å². The van der Waals surface area contributed by atoms with Crippen LogP contribution in [0.3, 0.4) is 0 Å². The summed E-state index contributed by atoms with van der Waals surface area (Å²) < 4.78 is 0. The van der Waals surface area contributed by atoms with E-state index in [4.69, 9.17) is 0 Å². The molecule has 231 valence electrons. The van der Waals surface area contributed by atoms with E-state index in [9.17, 15) is 29.7 Å². The molecule has 7 heteroatoms. The van der Waals surface area contributed by atoms with E-state index in [0.717, 1.165) is 0 Å². The fourth-order valence-corrected chi connectivity index (χ4v) is 1.66. The predicted molar refractivity (Wildman–Crippen MR) is 156 cm³/mol. The quantitative estimate of drug-likeness (QED) is 0.276. The molecule has 0 aliphatic carbocycles. The Kier molecular flexibility index (Phi) is 19.0. The van der Waals surface area contributed by atoms with Gasteiger partial charge >= 0.3 is 40.4 Å².